The van der Waals surface area contributed by atoms with Crippen molar-refractivity contribution in [1.82, 2.24) is 4.90 Å². The molecular weight excluding hydrogens is 354 g/mol. The van der Waals surface area contributed by atoms with Gasteiger partial charge in [-0.2, -0.15) is 0 Å². The lowest BCUT2D eigenvalue weighted by Gasteiger charge is -2.30. The van der Waals surface area contributed by atoms with Crippen LogP contribution in [-0.2, 0) is 6.42 Å². The van der Waals surface area contributed by atoms with Crippen molar-refractivity contribution < 1.29 is 5.11 Å². The van der Waals surface area contributed by atoms with Gasteiger partial charge in [-0.1, -0.05) is 62.2 Å². The quantitative estimate of drug-likeness (QED) is 0.385. The van der Waals surface area contributed by atoms with Crippen molar-refractivity contribution in [3.63, 3.8) is 0 Å². The summed E-state index contributed by atoms with van der Waals surface area (Å²) in [6.07, 6.45) is 6.90. The Bertz CT molecular complexity index is 700. The molecule has 0 bridgehead atoms. The lowest BCUT2D eigenvalue weighted by atomic mass is 9.85. The molecule has 0 fully saturated rings. The van der Waals surface area contributed by atoms with Crippen molar-refractivity contribution in [3.8, 4) is 5.75 Å². The van der Waals surface area contributed by atoms with Gasteiger partial charge in [0.25, 0.3) is 0 Å². The van der Waals surface area contributed by atoms with Crippen molar-refractivity contribution in [2.75, 3.05) is 6.54 Å². The van der Waals surface area contributed by atoms with Crippen molar-refractivity contribution >= 4 is 0 Å². The van der Waals surface area contributed by atoms with Gasteiger partial charge in [-0.25, -0.2) is 0 Å². The molecule has 2 aromatic carbocycles. The van der Waals surface area contributed by atoms with Gasteiger partial charge in [-0.3, -0.25) is 4.90 Å². The smallest absolute Gasteiger partial charge is 0.119 e. The third kappa shape index (κ3) is 7.19. The summed E-state index contributed by atoms with van der Waals surface area (Å²) in [7, 11) is 0. The predicted octanol–water partition coefficient (Wildman–Crippen LogP) is 7.16. The third-order valence-electron chi connectivity index (χ3n) is 5.97. The first-order chi connectivity index (χ1) is 13.9. The minimum Gasteiger partial charge on any atom is -0.508 e. The normalized spacial score (nSPS) is 12.8. The molecule has 0 radical (unpaired) electrons. The van der Waals surface area contributed by atoms with E-state index >= 15 is 0 Å². The van der Waals surface area contributed by atoms with Gasteiger partial charge in [0.05, 0.1) is 0 Å². The number of hydrogen-bond donors (Lipinski definition) is 1. The van der Waals surface area contributed by atoms with Crippen molar-refractivity contribution in [2.24, 2.45) is 0 Å². The zero-order valence-electron chi connectivity index (χ0n) is 19.2. The minimum absolute atomic E-state index is 0.254. The van der Waals surface area contributed by atoms with Gasteiger partial charge < -0.3 is 5.11 Å². The number of unbranched alkanes of at least 4 members (excludes halogenated alkanes) is 2. The van der Waals surface area contributed by atoms with Crippen LogP contribution in [0.1, 0.15) is 89.3 Å². The van der Waals surface area contributed by atoms with Crippen LogP contribution in [0.4, 0.5) is 0 Å². The first kappa shape index (κ1) is 23.5. The highest BCUT2D eigenvalue weighted by atomic mass is 16.3. The van der Waals surface area contributed by atoms with Gasteiger partial charge in [0.15, 0.2) is 0 Å². The van der Waals surface area contributed by atoms with E-state index < -0.39 is 0 Å². The first-order valence-corrected chi connectivity index (χ1v) is 11.6. The molecule has 0 saturated carbocycles. The summed E-state index contributed by atoms with van der Waals surface area (Å²) in [4.78, 5) is 2.57. The molecule has 0 heterocycles. The number of benzene rings is 2. The van der Waals surface area contributed by atoms with E-state index in [1.54, 1.807) is 0 Å². The monoisotopic (exact) mass is 395 g/mol. The van der Waals surface area contributed by atoms with E-state index in [0.29, 0.717) is 17.8 Å². The van der Waals surface area contributed by atoms with Crippen LogP contribution >= 0.6 is 0 Å². The fourth-order valence-corrected chi connectivity index (χ4v) is 4.36. The molecule has 160 valence electrons. The molecule has 0 aliphatic rings. The van der Waals surface area contributed by atoms with E-state index in [0.717, 1.165) is 31.4 Å². The van der Waals surface area contributed by atoms with Crippen LogP contribution in [0.2, 0.25) is 0 Å². The second-order valence-electron chi connectivity index (χ2n) is 8.88. The van der Waals surface area contributed by atoms with Crippen molar-refractivity contribution in [2.45, 2.75) is 91.1 Å². The van der Waals surface area contributed by atoms with E-state index in [-0.39, 0.29) is 5.92 Å². The summed E-state index contributed by atoms with van der Waals surface area (Å²) >= 11 is 0. The highest BCUT2D eigenvalue weighted by Gasteiger charge is 2.19. The van der Waals surface area contributed by atoms with Gasteiger partial charge >= 0.3 is 0 Å². The maximum absolute atomic E-state index is 10.7. The highest BCUT2D eigenvalue weighted by molar-refractivity contribution is 5.43. The summed E-state index contributed by atoms with van der Waals surface area (Å²) in [6, 6.07) is 18.1. The maximum atomic E-state index is 10.7. The number of aromatic hydroxyl groups is 1. The molecule has 0 aliphatic heterocycles. The second kappa shape index (κ2) is 12.0. The molecule has 0 spiro atoms. The van der Waals surface area contributed by atoms with Crippen LogP contribution in [0.5, 0.6) is 5.75 Å². The van der Waals surface area contributed by atoms with Crippen LogP contribution in [-0.4, -0.2) is 28.6 Å². The Morgan fingerprint density at radius 1 is 0.862 bits per heavy atom. The average Bonchev–Trinajstić information content (AvgIpc) is 2.70. The Hall–Kier alpha value is -1.80. The summed E-state index contributed by atoms with van der Waals surface area (Å²) in [5.41, 5.74) is 3.74. The number of aryl methyl sites for hydroxylation is 1. The Morgan fingerprint density at radius 2 is 1.55 bits per heavy atom. The van der Waals surface area contributed by atoms with E-state index in [1.165, 1.54) is 30.4 Å². The maximum Gasteiger partial charge on any atom is 0.119 e. The lowest BCUT2D eigenvalue weighted by Crippen LogP contribution is -2.37. The van der Waals surface area contributed by atoms with Crippen LogP contribution in [0, 0.1) is 0 Å². The summed E-state index contributed by atoms with van der Waals surface area (Å²) in [5, 5.41) is 10.7. The van der Waals surface area contributed by atoms with Gasteiger partial charge in [-0.15, -0.1) is 0 Å². The zero-order chi connectivity index (χ0) is 21.2. The molecule has 0 saturated heterocycles. The van der Waals surface area contributed by atoms with Crippen molar-refractivity contribution in [1.29, 1.82) is 0 Å². The van der Waals surface area contributed by atoms with Gasteiger partial charge in [-0.05, 0) is 77.1 Å². The predicted molar refractivity (Wildman–Crippen MR) is 126 cm³/mol. The third-order valence-corrected chi connectivity index (χ3v) is 5.97. The molecule has 2 aromatic rings. The van der Waals surface area contributed by atoms with Crippen LogP contribution < -0.4 is 0 Å². The standard InChI is InChI=1S/C27H41NO/c1-6-7-13-23-17-18-27(29)26(20-23)25(24-14-9-8-10-15-24)16-11-12-19-28(21(2)3)22(4)5/h8-10,14-15,17-18,20-22,25,29H,6-7,11-13,16,19H2,1-5H3/t25-/m1/s1. The second-order valence-corrected chi connectivity index (χ2v) is 8.88. The fourth-order valence-electron chi connectivity index (χ4n) is 4.36. The zero-order valence-corrected chi connectivity index (χ0v) is 19.2. The molecule has 1 atom stereocenters. The van der Waals surface area contributed by atoms with Crippen LogP contribution in [0.3, 0.4) is 0 Å². The van der Waals surface area contributed by atoms with Gasteiger partial charge in [0, 0.05) is 23.6 Å². The van der Waals surface area contributed by atoms with Gasteiger partial charge in [0.2, 0.25) is 0 Å². The summed E-state index contributed by atoms with van der Waals surface area (Å²) in [5.74, 6) is 0.689. The average molecular weight is 396 g/mol. The van der Waals surface area contributed by atoms with Crippen LogP contribution in [0.15, 0.2) is 48.5 Å². The topological polar surface area (TPSA) is 23.5 Å². The largest absolute Gasteiger partial charge is 0.508 e. The SMILES string of the molecule is CCCCc1ccc(O)c([C@H](CCCCN(C(C)C)C(C)C)c2ccccc2)c1. The fraction of sp³-hybridized carbons (Fsp3) is 0.556. The summed E-state index contributed by atoms with van der Waals surface area (Å²) < 4.78 is 0. The molecule has 0 aromatic heterocycles. The number of phenols is 1. The van der Waals surface area contributed by atoms with Crippen LogP contribution in [0.25, 0.3) is 0 Å². The lowest BCUT2D eigenvalue weighted by molar-refractivity contribution is 0.171. The molecular formula is C27H41NO. The Balaban J connectivity index is 2.15. The van der Waals surface area contributed by atoms with E-state index in [1.807, 2.05) is 6.07 Å². The molecule has 2 rings (SSSR count). The molecule has 0 aliphatic carbocycles. The summed E-state index contributed by atoms with van der Waals surface area (Å²) in [6.45, 7) is 12.5. The van der Waals surface area contributed by atoms with Crippen molar-refractivity contribution in [3.05, 3.63) is 65.2 Å². The first-order valence-electron chi connectivity index (χ1n) is 11.6. The number of phenolic OH excluding ortho intramolecular Hbond substituents is 1. The molecule has 0 unspecified atom stereocenters. The Kier molecular flexibility index (Phi) is 9.73. The molecule has 2 nitrogen and oxygen atoms in total. The molecule has 2 heteroatoms. The Labute approximate surface area is 179 Å². The van der Waals surface area contributed by atoms with E-state index in [2.05, 4.69) is 82.0 Å². The number of nitrogens with zero attached hydrogens (tertiary/aromatic N) is 1. The molecule has 29 heavy (non-hydrogen) atoms. The van der Waals surface area contributed by atoms with Gasteiger partial charge in [0.1, 0.15) is 5.75 Å². The Morgan fingerprint density at radius 3 is 2.17 bits per heavy atom. The number of hydrogen-bond acceptors (Lipinski definition) is 2. The van der Waals surface area contributed by atoms with E-state index in [9.17, 15) is 5.11 Å². The van der Waals surface area contributed by atoms with E-state index in [4.69, 9.17) is 0 Å². The molecule has 0 amide bonds. The molecule has 1 N–H and O–H groups in total. The number of rotatable bonds is 12. The highest BCUT2D eigenvalue weighted by Crippen LogP contribution is 2.36. The minimum atomic E-state index is 0.254.